The molecule has 0 spiro atoms. The van der Waals surface area contributed by atoms with Gasteiger partial charge in [0.25, 0.3) is 6.43 Å². The lowest BCUT2D eigenvalue weighted by Crippen LogP contribution is -2.20. The summed E-state index contributed by atoms with van der Waals surface area (Å²) in [6, 6.07) is 3.89. The largest absolute Gasteiger partial charge is 0.373 e. The van der Waals surface area contributed by atoms with Crippen LogP contribution in [0.3, 0.4) is 0 Å². The van der Waals surface area contributed by atoms with Crippen LogP contribution in [0.5, 0.6) is 0 Å². The molecule has 1 unspecified atom stereocenters. The third-order valence-corrected chi connectivity index (χ3v) is 7.02. The number of aryl methyl sites for hydroxylation is 2. The number of ether oxygens (including phenoxy) is 1. The molecule has 186 valence electrons. The van der Waals surface area contributed by atoms with E-state index in [1.165, 1.54) is 12.1 Å². The Kier molecular flexibility index (Phi) is 5.70. The van der Waals surface area contributed by atoms with Gasteiger partial charge in [0.05, 0.1) is 29.7 Å². The van der Waals surface area contributed by atoms with Gasteiger partial charge < -0.3 is 4.74 Å². The van der Waals surface area contributed by atoms with Crippen LogP contribution in [0.15, 0.2) is 30.6 Å². The van der Waals surface area contributed by atoms with E-state index in [4.69, 9.17) is 14.7 Å². The maximum Gasteiger partial charge on any atom is 0.263 e. The van der Waals surface area contributed by atoms with Gasteiger partial charge in [-0.3, -0.25) is 4.68 Å². The maximum absolute atomic E-state index is 15.1. The molecule has 1 aliphatic carbocycles. The fourth-order valence-electron chi connectivity index (χ4n) is 4.68. The van der Waals surface area contributed by atoms with Crippen LogP contribution in [-0.4, -0.2) is 36.3 Å². The summed E-state index contributed by atoms with van der Waals surface area (Å²) in [4.78, 5) is 18.7. The Balaban J connectivity index is 1.41. The zero-order valence-corrected chi connectivity index (χ0v) is 20.0. The summed E-state index contributed by atoms with van der Waals surface area (Å²) in [6.45, 7) is 4.17. The van der Waals surface area contributed by atoms with Crippen molar-refractivity contribution >= 4 is 11.2 Å². The normalized spacial score (nSPS) is 20.4. The predicted octanol–water partition coefficient (Wildman–Crippen LogP) is 5.95. The van der Waals surface area contributed by atoms with Crippen LogP contribution < -0.4 is 0 Å². The molecule has 2 aliphatic rings. The lowest BCUT2D eigenvalue weighted by Gasteiger charge is -2.28. The van der Waals surface area contributed by atoms with Gasteiger partial charge in [0.2, 0.25) is 0 Å². The van der Waals surface area contributed by atoms with Gasteiger partial charge in [-0.2, -0.15) is 5.10 Å². The fraction of sp³-hybridized carbons (Fsp3) is 0.423. The molecule has 0 radical (unpaired) electrons. The number of halogens is 3. The number of rotatable bonds is 5. The average Bonchev–Trinajstić information content (AvgIpc) is 3.60. The summed E-state index contributed by atoms with van der Waals surface area (Å²) < 4.78 is 49.4. The van der Waals surface area contributed by atoms with Gasteiger partial charge in [-0.05, 0) is 51.7 Å². The van der Waals surface area contributed by atoms with Crippen molar-refractivity contribution in [2.45, 2.75) is 64.0 Å². The number of aromatic nitrogens is 6. The van der Waals surface area contributed by atoms with E-state index in [9.17, 15) is 8.78 Å². The van der Waals surface area contributed by atoms with Gasteiger partial charge in [0.15, 0.2) is 5.65 Å². The second-order valence-corrected chi connectivity index (χ2v) is 9.60. The van der Waals surface area contributed by atoms with Crippen molar-refractivity contribution in [3.63, 3.8) is 0 Å². The van der Waals surface area contributed by atoms with Crippen molar-refractivity contribution in [3.8, 4) is 11.3 Å². The van der Waals surface area contributed by atoms with Crippen LogP contribution in [0.4, 0.5) is 13.2 Å². The van der Waals surface area contributed by atoms with Crippen LogP contribution in [0.25, 0.3) is 22.4 Å². The van der Waals surface area contributed by atoms with Crippen LogP contribution >= 0.6 is 0 Å². The van der Waals surface area contributed by atoms with E-state index in [0.717, 1.165) is 24.5 Å². The number of hydrogen-bond donors (Lipinski definition) is 0. The molecule has 0 N–H and O–H groups in total. The molecule has 10 heteroatoms. The van der Waals surface area contributed by atoms with Gasteiger partial charge in [0.1, 0.15) is 22.9 Å². The van der Waals surface area contributed by atoms with Gasteiger partial charge in [0, 0.05) is 35.4 Å². The van der Waals surface area contributed by atoms with Crippen LogP contribution in [0.2, 0.25) is 0 Å². The van der Waals surface area contributed by atoms with Crippen LogP contribution in [-0.2, 0) is 4.74 Å². The zero-order valence-electron chi connectivity index (χ0n) is 20.0. The second-order valence-electron chi connectivity index (χ2n) is 9.60. The number of hydrogen-bond acceptors (Lipinski definition) is 6. The third-order valence-electron chi connectivity index (χ3n) is 7.02. The molecule has 7 nitrogen and oxygen atoms in total. The highest BCUT2D eigenvalue weighted by Crippen LogP contribution is 2.40. The van der Waals surface area contributed by atoms with Gasteiger partial charge >= 0.3 is 0 Å². The Morgan fingerprint density at radius 2 is 1.83 bits per heavy atom. The van der Waals surface area contributed by atoms with E-state index >= 15 is 4.39 Å². The molecule has 0 bridgehead atoms. The fourth-order valence-corrected chi connectivity index (χ4v) is 4.68. The number of fused-ring (bicyclic) bond motifs is 1. The quantitative estimate of drug-likeness (QED) is 0.341. The molecule has 3 aromatic heterocycles. The first-order valence-electron chi connectivity index (χ1n) is 12.1. The van der Waals surface area contributed by atoms with E-state index in [-0.39, 0.29) is 28.8 Å². The van der Waals surface area contributed by atoms with E-state index < -0.39 is 12.2 Å². The minimum absolute atomic E-state index is 0.0528. The topological polar surface area (TPSA) is 78.6 Å². The van der Waals surface area contributed by atoms with Gasteiger partial charge in [-0.15, -0.1) is 0 Å². The Labute approximate surface area is 205 Å². The molecule has 4 heterocycles. The summed E-state index contributed by atoms with van der Waals surface area (Å²) in [5.41, 5.74) is 3.08. The minimum Gasteiger partial charge on any atom is -0.373 e. The molecule has 1 aliphatic heterocycles. The summed E-state index contributed by atoms with van der Waals surface area (Å²) >= 11 is 0. The predicted molar refractivity (Wildman–Crippen MR) is 126 cm³/mol. The monoisotopic (exact) mass is 494 g/mol. The standard InChI is InChI=1S/C26H25F3N6O/c1-13-14(2)32-26-23(31-13)22(19-6-3-15(24(28)29)9-20(19)27)33-25(34-26)16-7-8-36-21(10-16)17-11-30-35(12-17)18-4-5-18/h3,6,9,11-12,16,18,21,24H,4-5,7-8,10H2,1-2H3/t16?,21-/m1/s1. The van der Waals surface area contributed by atoms with Gasteiger partial charge in [-0.1, -0.05) is 6.07 Å². The van der Waals surface area contributed by atoms with E-state index in [1.54, 1.807) is 6.92 Å². The first-order chi connectivity index (χ1) is 17.4. The minimum atomic E-state index is -2.76. The highest BCUT2D eigenvalue weighted by molar-refractivity contribution is 5.87. The summed E-state index contributed by atoms with van der Waals surface area (Å²) in [6.07, 6.45) is 4.64. The molecule has 2 atom stereocenters. The lowest BCUT2D eigenvalue weighted by atomic mass is 9.92. The summed E-state index contributed by atoms with van der Waals surface area (Å²) in [5.74, 6) is -0.311. The molecule has 36 heavy (non-hydrogen) atoms. The van der Waals surface area contributed by atoms with Crippen molar-refractivity contribution in [1.82, 2.24) is 29.7 Å². The van der Waals surface area contributed by atoms with E-state index in [2.05, 4.69) is 21.3 Å². The van der Waals surface area contributed by atoms with Gasteiger partial charge in [-0.25, -0.2) is 33.1 Å². The Morgan fingerprint density at radius 3 is 2.58 bits per heavy atom. The van der Waals surface area contributed by atoms with Crippen LogP contribution in [0.1, 0.15) is 78.5 Å². The molecule has 1 aromatic carbocycles. The van der Waals surface area contributed by atoms with E-state index in [0.29, 0.717) is 53.9 Å². The first-order valence-corrected chi connectivity index (χ1v) is 12.1. The smallest absolute Gasteiger partial charge is 0.263 e. The average molecular weight is 495 g/mol. The van der Waals surface area contributed by atoms with Crippen molar-refractivity contribution in [2.24, 2.45) is 0 Å². The molecule has 1 saturated heterocycles. The van der Waals surface area contributed by atoms with Crippen molar-refractivity contribution in [2.75, 3.05) is 6.61 Å². The van der Waals surface area contributed by atoms with Crippen molar-refractivity contribution < 1.29 is 17.9 Å². The number of alkyl halides is 2. The highest BCUT2D eigenvalue weighted by atomic mass is 19.3. The van der Waals surface area contributed by atoms with E-state index in [1.807, 2.05) is 17.8 Å². The number of benzene rings is 1. The first kappa shape index (κ1) is 23.0. The van der Waals surface area contributed by atoms with Crippen molar-refractivity contribution in [1.29, 1.82) is 0 Å². The molecule has 4 aromatic rings. The zero-order chi connectivity index (χ0) is 25.0. The Hall–Kier alpha value is -3.40. The van der Waals surface area contributed by atoms with Crippen molar-refractivity contribution in [3.05, 3.63) is 64.7 Å². The molecular formula is C26H25F3N6O. The molecular weight excluding hydrogens is 469 g/mol. The third kappa shape index (κ3) is 4.23. The lowest BCUT2D eigenvalue weighted by molar-refractivity contribution is 0.00396. The summed E-state index contributed by atoms with van der Waals surface area (Å²) in [5, 5.41) is 4.49. The summed E-state index contributed by atoms with van der Waals surface area (Å²) in [7, 11) is 0. The maximum atomic E-state index is 15.1. The molecule has 1 saturated carbocycles. The molecule has 6 rings (SSSR count). The Bertz CT molecular complexity index is 1450. The number of nitrogens with zero attached hydrogens (tertiary/aromatic N) is 6. The molecule has 2 fully saturated rings. The Morgan fingerprint density at radius 1 is 1.03 bits per heavy atom. The second kappa shape index (κ2) is 8.92. The highest BCUT2D eigenvalue weighted by Gasteiger charge is 2.31. The molecule has 0 amide bonds. The van der Waals surface area contributed by atoms with Crippen LogP contribution in [0, 0.1) is 19.7 Å². The SMILES string of the molecule is Cc1nc2nc(C3CCO[C@@H](c4cnn(C5CC5)c4)C3)nc(-c3ccc(C(F)F)cc3F)c2nc1C.